The molecule has 0 spiro atoms. The Hall–Kier alpha value is -0.570. The molecule has 0 aromatic heterocycles. The Kier molecular flexibility index (Phi) is 25.8. The SMILES string of the molecule is CCCCCCCCCCCCCCCC(C(C)C)C(CCCCCCCCC)(C(=O)[O-])C(C)C.[NH4+]. The summed E-state index contributed by atoms with van der Waals surface area (Å²) in [7, 11) is 0. The summed E-state index contributed by atoms with van der Waals surface area (Å²) in [5, 5.41) is 12.6. The summed E-state index contributed by atoms with van der Waals surface area (Å²) in [6.07, 6.45) is 28.1. The van der Waals surface area contributed by atoms with Gasteiger partial charge in [0.1, 0.15) is 0 Å². The number of aliphatic carboxylic acids is 1. The van der Waals surface area contributed by atoms with Crippen molar-refractivity contribution >= 4 is 5.97 Å². The molecule has 0 aliphatic rings. The van der Waals surface area contributed by atoms with Crippen molar-refractivity contribution in [1.29, 1.82) is 0 Å². The standard InChI is InChI=1S/C33H66O2.H3N/c1-7-9-11-13-15-16-17-18-19-20-21-23-25-27-31(29(3)4)33(30(5)6,32(34)35)28-26-24-22-14-12-10-8-2;/h29-31H,7-28H2,1-6H3,(H,34,35);1H3. The van der Waals surface area contributed by atoms with E-state index in [0.29, 0.717) is 5.92 Å². The second-order valence-corrected chi connectivity index (χ2v) is 12.2. The Morgan fingerprint density at radius 2 is 0.917 bits per heavy atom. The van der Waals surface area contributed by atoms with Crippen LogP contribution in [0.4, 0.5) is 0 Å². The van der Waals surface area contributed by atoms with E-state index in [4.69, 9.17) is 0 Å². The minimum atomic E-state index is -0.785. The molecule has 2 unspecified atom stereocenters. The van der Waals surface area contributed by atoms with Gasteiger partial charge in [0, 0.05) is 11.4 Å². The van der Waals surface area contributed by atoms with Crippen molar-refractivity contribution < 1.29 is 9.90 Å². The van der Waals surface area contributed by atoms with Crippen molar-refractivity contribution in [2.45, 2.75) is 183 Å². The molecular weight excluding hydrogens is 442 g/mol. The molecule has 0 aromatic carbocycles. The number of carbonyl (C=O) groups excluding carboxylic acids is 1. The number of hydrogen-bond donors (Lipinski definition) is 1. The smallest absolute Gasteiger partial charge is 0.0481 e. The quantitative estimate of drug-likeness (QED) is 0.117. The van der Waals surface area contributed by atoms with Crippen molar-refractivity contribution in [3.05, 3.63) is 0 Å². The van der Waals surface area contributed by atoms with Crippen LogP contribution in [0, 0.1) is 23.2 Å². The maximum Gasteiger partial charge on any atom is 0.0481 e. The van der Waals surface area contributed by atoms with E-state index in [9.17, 15) is 9.90 Å². The second-order valence-electron chi connectivity index (χ2n) is 12.2. The minimum Gasteiger partial charge on any atom is -0.550 e. The Bertz CT molecular complexity index is 476. The van der Waals surface area contributed by atoms with Gasteiger partial charge in [-0.2, -0.15) is 0 Å². The van der Waals surface area contributed by atoms with Gasteiger partial charge in [0.05, 0.1) is 0 Å². The number of carboxylic acids is 1. The first-order valence-corrected chi connectivity index (χ1v) is 16.1. The molecule has 4 N–H and O–H groups in total. The Balaban J connectivity index is 0. The van der Waals surface area contributed by atoms with E-state index in [-0.39, 0.29) is 18.0 Å². The average Bonchev–Trinajstić information content (AvgIpc) is 2.81. The second kappa shape index (κ2) is 24.7. The van der Waals surface area contributed by atoms with Gasteiger partial charge in [-0.3, -0.25) is 0 Å². The number of carbonyl (C=O) groups is 1. The summed E-state index contributed by atoms with van der Waals surface area (Å²) in [4.78, 5) is 12.6. The average molecular weight is 512 g/mol. The van der Waals surface area contributed by atoms with E-state index in [1.54, 1.807) is 0 Å². The van der Waals surface area contributed by atoms with Gasteiger partial charge in [-0.15, -0.1) is 0 Å². The highest BCUT2D eigenvalue weighted by Gasteiger charge is 2.43. The molecule has 0 aliphatic carbocycles. The summed E-state index contributed by atoms with van der Waals surface area (Å²) in [5.74, 6) is -0.0497. The highest BCUT2D eigenvalue weighted by atomic mass is 16.4. The van der Waals surface area contributed by atoms with Crippen LogP contribution in [-0.4, -0.2) is 5.97 Å². The summed E-state index contributed by atoms with van der Waals surface area (Å²) in [5.41, 5.74) is -0.672. The number of carboxylic acid groups (broad SMARTS) is 1. The fourth-order valence-corrected chi connectivity index (χ4v) is 6.33. The molecule has 0 rings (SSSR count). The zero-order valence-corrected chi connectivity index (χ0v) is 26.1. The van der Waals surface area contributed by atoms with Crippen LogP contribution in [0.15, 0.2) is 0 Å². The number of unbranched alkanes of at least 4 members (excludes halogenated alkanes) is 18. The largest absolute Gasteiger partial charge is 0.550 e. The monoisotopic (exact) mass is 512 g/mol. The normalized spacial score (nSPS) is 14.1. The lowest BCUT2D eigenvalue weighted by Crippen LogP contribution is -2.52. The number of quaternary nitrogens is 1. The molecule has 0 saturated carbocycles. The molecule has 0 aliphatic heterocycles. The molecule has 218 valence electrons. The van der Waals surface area contributed by atoms with Crippen LogP contribution in [0.1, 0.15) is 183 Å². The van der Waals surface area contributed by atoms with Crippen LogP contribution in [0.5, 0.6) is 0 Å². The molecule has 0 radical (unpaired) electrons. The summed E-state index contributed by atoms with van der Waals surface area (Å²) in [6.45, 7) is 13.2. The summed E-state index contributed by atoms with van der Waals surface area (Å²) in [6, 6.07) is 0. The van der Waals surface area contributed by atoms with Crippen molar-refractivity contribution in [1.82, 2.24) is 6.15 Å². The minimum absolute atomic E-state index is 0. The van der Waals surface area contributed by atoms with E-state index < -0.39 is 11.4 Å². The van der Waals surface area contributed by atoms with Crippen LogP contribution >= 0.6 is 0 Å². The topological polar surface area (TPSA) is 76.6 Å². The molecule has 3 nitrogen and oxygen atoms in total. The molecule has 36 heavy (non-hydrogen) atoms. The fraction of sp³-hybridized carbons (Fsp3) is 0.970. The predicted octanol–water partition coefficient (Wildman–Crippen LogP) is 10.6. The summed E-state index contributed by atoms with van der Waals surface area (Å²) < 4.78 is 0. The molecule has 0 aromatic rings. The maximum atomic E-state index is 12.6. The fourth-order valence-electron chi connectivity index (χ4n) is 6.33. The van der Waals surface area contributed by atoms with Crippen LogP contribution in [0.2, 0.25) is 0 Å². The molecule has 3 heteroatoms. The van der Waals surface area contributed by atoms with Gasteiger partial charge < -0.3 is 16.1 Å². The highest BCUT2D eigenvalue weighted by Crippen LogP contribution is 2.46. The van der Waals surface area contributed by atoms with Crippen LogP contribution in [0.3, 0.4) is 0 Å². The van der Waals surface area contributed by atoms with Gasteiger partial charge in [0.25, 0.3) is 0 Å². The van der Waals surface area contributed by atoms with E-state index in [1.165, 1.54) is 116 Å². The Morgan fingerprint density at radius 3 is 1.22 bits per heavy atom. The number of rotatable bonds is 26. The van der Waals surface area contributed by atoms with Gasteiger partial charge in [0.2, 0.25) is 0 Å². The van der Waals surface area contributed by atoms with Crippen LogP contribution in [-0.2, 0) is 4.79 Å². The molecule has 2 atom stereocenters. The molecule has 0 saturated heterocycles. The predicted molar refractivity (Wildman–Crippen MR) is 160 cm³/mol. The molecule has 0 heterocycles. The highest BCUT2D eigenvalue weighted by molar-refractivity contribution is 5.73. The van der Waals surface area contributed by atoms with Crippen molar-refractivity contribution in [3.8, 4) is 0 Å². The van der Waals surface area contributed by atoms with E-state index >= 15 is 0 Å². The third-order valence-corrected chi connectivity index (χ3v) is 8.69. The lowest BCUT2D eigenvalue weighted by Gasteiger charge is -2.47. The van der Waals surface area contributed by atoms with Crippen LogP contribution in [0.25, 0.3) is 0 Å². The molecule has 0 fully saturated rings. The van der Waals surface area contributed by atoms with Gasteiger partial charge in [-0.05, 0) is 30.6 Å². The maximum absolute atomic E-state index is 12.6. The third kappa shape index (κ3) is 16.3. The zero-order valence-electron chi connectivity index (χ0n) is 26.1. The summed E-state index contributed by atoms with van der Waals surface area (Å²) >= 11 is 0. The van der Waals surface area contributed by atoms with Crippen molar-refractivity contribution in [2.24, 2.45) is 23.2 Å². The van der Waals surface area contributed by atoms with Crippen LogP contribution < -0.4 is 11.3 Å². The molecule has 0 bridgehead atoms. The van der Waals surface area contributed by atoms with E-state index in [0.717, 1.165) is 25.7 Å². The van der Waals surface area contributed by atoms with Gasteiger partial charge in [0.15, 0.2) is 0 Å². The Morgan fingerprint density at radius 1 is 0.583 bits per heavy atom. The van der Waals surface area contributed by atoms with Crippen molar-refractivity contribution in [3.63, 3.8) is 0 Å². The first kappa shape index (κ1) is 37.6. The van der Waals surface area contributed by atoms with E-state index in [2.05, 4.69) is 41.5 Å². The zero-order chi connectivity index (χ0) is 26.4. The van der Waals surface area contributed by atoms with E-state index in [1.807, 2.05) is 0 Å². The van der Waals surface area contributed by atoms with Gasteiger partial charge in [-0.1, -0.05) is 170 Å². The molecular formula is C33H69NO2. The number of hydrogen-bond acceptors (Lipinski definition) is 2. The lowest BCUT2D eigenvalue weighted by molar-refractivity contribution is -0.327. The van der Waals surface area contributed by atoms with Gasteiger partial charge >= 0.3 is 0 Å². The third-order valence-electron chi connectivity index (χ3n) is 8.69. The molecule has 0 amide bonds. The first-order chi connectivity index (χ1) is 16.8. The Labute approximate surface area is 228 Å². The van der Waals surface area contributed by atoms with Gasteiger partial charge in [-0.25, -0.2) is 0 Å². The lowest BCUT2D eigenvalue weighted by atomic mass is 9.60. The first-order valence-electron chi connectivity index (χ1n) is 16.1. The van der Waals surface area contributed by atoms with Crippen molar-refractivity contribution in [2.75, 3.05) is 0 Å².